The third kappa shape index (κ3) is 3.66. The Morgan fingerprint density at radius 2 is 2.07 bits per heavy atom. The van der Waals surface area contributed by atoms with Gasteiger partial charge in [0.25, 0.3) is 0 Å². The number of hydrogen-bond acceptors (Lipinski definition) is 2. The van der Waals surface area contributed by atoms with Gasteiger partial charge in [-0.15, -0.1) is 0 Å². The molecule has 1 rings (SSSR count). The lowest BCUT2D eigenvalue weighted by Crippen LogP contribution is -2.27. The maximum absolute atomic E-state index is 5.81. The molecule has 0 aromatic rings. The van der Waals surface area contributed by atoms with Crippen LogP contribution in [0.4, 0.5) is 0 Å². The predicted molar refractivity (Wildman–Crippen MR) is 64.9 cm³/mol. The van der Waals surface area contributed by atoms with Crippen LogP contribution in [0.1, 0.15) is 33.1 Å². The summed E-state index contributed by atoms with van der Waals surface area (Å²) in [6, 6.07) is 0. The average molecular weight is 214 g/mol. The molecule has 0 N–H and O–H groups in total. The Hall–Kier alpha value is 0.0500. The maximum atomic E-state index is 5.81. The second-order valence-corrected chi connectivity index (χ2v) is 4.92. The molecular weight excluding hydrogens is 192 g/mol. The summed E-state index contributed by atoms with van der Waals surface area (Å²) in [7, 11) is 0. The zero-order valence-corrected chi connectivity index (χ0v) is 10.2. The van der Waals surface area contributed by atoms with Crippen LogP contribution in [0.2, 0.25) is 0 Å². The molecule has 0 heterocycles. The van der Waals surface area contributed by atoms with Crippen molar-refractivity contribution in [2.45, 2.75) is 39.2 Å². The van der Waals surface area contributed by atoms with Gasteiger partial charge in [0.1, 0.15) is 0 Å². The topological polar surface area (TPSA) is 9.23 Å². The smallest absolute Gasteiger partial charge is 0.0685 e. The van der Waals surface area contributed by atoms with Gasteiger partial charge in [0.15, 0.2) is 0 Å². The highest BCUT2D eigenvalue weighted by molar-refractivity contribution is 7.80. The fraction of sp³-hybridized carbons (Fsp3) is 0.833. The largest absolute Gasteiger partial charge is 0.374 e. The van der Waals surface area contributed by atoms with Gasteiger partial charge < -0.3 is 4.74 Å². The van der Waals surface area contributed by atoms with Crippen LogP contribution in [0.25, 0.3) is 0 Å². The minimum absolute atomic E-state index is 0.456. The summed E-state index contributed by atoms with van der Waals surface area (Å²) in [5.41, 5.74) is 1.08. The number of hydrogen-bond donors (Lipinski definition) is 1. The van der Waals surface area contributed by atoms with Gasteiger partial charge in [-0.05, 0) is 36.7 Å². The van der Waals surface area contributed by atoms with E-state index in [1.807, 2.05) is 0 Å². The van der Waals surface area contributed by atoms with Crippen molar-refractivity contribution in [2.24, 2.45) is 11.8 Å². The minimum atomic E-state index is 0.456. The SMILES string of the molecule is C=C(CS)COC1CCC(C)C(C)C1. The standard InChI is InChI=1S/C12H22OS/c1-9(8-14)7-13-12-5-4-10(2)11(3)6-12/h10-12,14H,1,4-8H2,2-3H3. The van der Waals surface area contributed by atoms with E-state index < -0.39 is 0 Å². The molecule has 0 spiro atoms. The molecule has 0 aromatic heterocycles. The van der Waals surface area contributed by atoms with E-state index >= 15 is 0 Å². The molecular formula is C12H22OS. The highest BCUT2D eigenvalue weighted by Crippen LogP contribution is 2.30. The van der Waals surface area contributed by atoms with Crippen molar-refractivity contribution in [3.05, 3.63) is 12.2 Å². The predicted octanol–water partition coefficient (Wildman–Crippen LogP) is 3.31. The van der Waals surface area contributed by atoms with E-state index in [1.165, 1.54) is 19.3 Å². The lowest BCUT2D eigenvalue weighted by atomic mass is 9.80. The summed E-state index contributed by atoms with van der Waals surface area (Å²) in [5.74, 6) is 2.40. The molecule has 3 atom stereocenters. The van der Waals surface area contributed by atoms with Crippen LogP contribution in [-0.2, 0) is 4.74 Å². The van der Waals surface area contributed by atoms with Crippen LogP contribution in [-0.4, -0.2) is 18.5 Å². The highest BCUT2D eigenvalue weighted by atomic mass is 32.1. The number of rotatable bonds is 4. The Balaban J connectivity index is 2.23. The molecule has 0 radical (unpaired) electrons. The zero-order chi connectivity index (χ0) is 10.6. The number of ether oxygens (including phenoxy) is 1. The van der Waals surface area contributed by atoms with Crippen LogP contribution in [0.5, 0.6) is 0 Å². The second-order valence-electron chi connectivity index (χ2n) is 4.61. The Morgan fingerprint density at radius 3 is 2.64 bits per heavy atom. The normalized spacial score (nSPS) is 32.9. The summed E-state index contributed by atoms with van der Waals surface area (Å²) >= 11 is 4.17. The fourth-order valence-electron chi connectivity index (χ4n) is 1.93. The van der Waals surface area contributed by atoms with E-state index in [1.54, 1.807) is 0 Å². The van der Waals surface area contributed by atoms with Gasteiger partial charge in [-0.2, -0.15) is 12.6 Å². The molecule has 1 aliphatic rings. The summed E-state index contributed by atoms with van der Waals surface area (Å²) < 4.78 is 5.81. The maximum Gasteiger partial charge on any atom is 0.0685 e. The van der Waals surface area contributed by atoms with E-state index in [2.05, 4.69) is 33.1 Å². The molecule has 0 aromatic carbocycles. The quantitative estimate of drug-likeness (QED) is 0.558. The second kappa shape index (κ2) is 5.82. The van der Waals surface area contributed by atoms with Crippen LogP contribution < -0.4 is 0 Å². The molecule has 14 heavy (non-hydrogen) atoms. The van der Waals surface area contributed by atoms with Crippen molar-refractivity contribution < 1.29 is 4.74 Å². The molecule has 2 heteroatoms. The first kappa shape index (κ1) is 12.1. The van der Waals surface area contributed by atoms with Gasteiger partial charge >= 0.3 is 0 Å². The van der Waals surface area contributed by atoms with Gasteiger partial charge in [-0.1, -0.05) is 20.4 Å². The summed E-state index contributed by atoms with van der Waals surface area (Å²) in [4.78, 5) is 0. The molecule has 1 saturated carbocycles. The zero-order valence-electron chi connectivity index (χ0n) is 9.33. The highest BCUT2D eigenvalue weighted by Gasteiger charge is 2.24. The third-order valence-corrected chi connectivity index (χ3v) is 3.74. The van der Waals surface area contributed by atoms with E-state index in [9.17, 15) is 0 Å². The van der Waals surface area contributed by atoms with Crippen LogP contribution in [0.15, 0.2) is 12.2 Å². The molecule has 3 unspecified atom stereocenters. The minimum Gasteiger partial charge on any atom is -0.374 e. The fourth-order valence-corrected chi connectivity index (χ4v) is 2.02. The van der Waals surface area contributed by atoms with Gasteiger partial charge in [0.2, 0.25) is 0 Å². The van der Waals surface area contributed by atoms with Gasteiger partial charge in [0.05, 0.1) is 12.7 Å². The Bertz CT molecular complexity index is 191. The van der Waals surface area contributed by atoms with E-state index in [-0.39, 0.29) is 0 Å². The Morgan fingerprint density at radius 1 is 1.36 bits per heavy atom. The first-order valence-corrected chi connectivity index (χ1v) is 6.15. The van der Waals surface area contributed by atoms with Gasteiger partial charge in [0, 0.05) is 5.75 Å². The van der Waals surface area contributed by atoms with Crippen molar-refractivity contribution >= 4 is 12.6 Å². The Labute approximate surface area is 93.3 Å². The lowest BCUT2D eigenvalue weighted by molar-refractivity contribution is 0.0145. The van der Waals surface area contributed by atoms with Crippen molar-refractivity contribution in [2.75, 3.05) is 12.4 Å². The molecule has 0 aliphatic heterocycles. The van der Waals surface area contributed by atoms with Crippen LogP contribution in [0.3, 0.4) is 0 Å². The van der Waals surface area contributed by atoms with E-state index in [0.717, 1.165) is 23.2 Å². The molecule has 1 nitrogen and oxygen atoms in total. The molecule has 0 saturated heterocycles. The van der Waals surface area contributed by atoms with Crippen molar-refractivity contribution in [1.29, 1.82) is 0 Å². The van der Waals surface area contributed by atoms with E-state index in [0.29, 0.717) is 12.7 Å². The van der Waals surface area contributed by atoms with Crippen molar-refractivity contribution in [3.63, 3.8) is 0 Å². The molecule has 0 amide bonds. The summed E-state index contributed by atoms with van der Waals surface area (Å²) in [5, 5.41) is 0. The first-order chi connectivity index (χ1) is 6.63. The van der Waals surface area contributed by atoms with Gasteiger partial charge in [-0.25, -0.2) is 0 Å². The van der Waals surface area contributed by atoms with Gasteiger partial charge in [-0.3, -0.25) is 0 Å². The summed E-state index contributed by atoms with van der Waals surface area (Å²) in [6.07, 6.45) is 4.18. The number of thiol groups is 1. The molecule has 0 bridgehead atoms. The summed E-state index contributed by atoms with van der Waals surface area (Å²) in [6.45, 7) is 9.25. The molecule has 82 valence electrons. The van der Waals surface area contributed by atoms with Crippen LogP contribution in [0, 0.1) is 11.8 Å². The van der Waals surface area contributed by atoms with Crippen LogP contribution >= 0.6 is 12.6 Å². The van der Waals surface area contributed by atoms with E-state index in [4.69, 9.17) is 4.74 Å². The molecule has 1 aliphatic carbocycles. The van der Waals surface area contributed by atoms with Crippen molar-refractivity contribution in [3.8, 4) is 0 Å². The third-order valence-electron chi connectivity index (χ3n) is 3.30. The average Bonchev–Trinajstić information content (AvgIpc) is 2.19. The lowest BCUT2D eigenvalue weighted by Gasteiger charge is -2.32. The monoisotopic (exact) mass is 214 g/mol. The first-order valence-electron chi connectivity index (χ1n) is 5.52. The Kier molecular flexibility index (Phi) is 5.04. The van der Waals surface area contributed by atoms with Crippen molar-refractivity contribution in [1.82, 2.24) is 0 Å². The molecule has 1 fully saturated rings.